The molecule has 2 aromatic rings. The average Bonchev–Trinajstić information content (AvgIpc) is 2.69. The van der Waals surface area contributed by atoms with Crippen molar-refractivity contribution in [2.75, 3.05) is 7.11 Å². The van der Waals surface area contributed by atoms with Crippen molar-refractivity contribution in [1.82, 2.24) is 15.0 Å². The number of aromatic nitrogens is 3. The SMILES string of the molecule is COc1cccc(C(C)(O)c2c(Br)nnn2C)c1. The second-order valence-electron chi connectivity index (χ2n) is 4.16. The van der Waals surface area contributed by atoms with Gasteiger partial charge in [0.05, 0.1) is 7.11 Å². The number of halogens is 1. The molecular weight excluding hydrogens is 298 g/mol. The molecule has 1 atom stereocenters. The van der Waals surface area contributed by atoms with E-state index in [1.807, 2.05) is 18.2 Å². The highest BCUT2D eigenvalue weighted by atomic mass is 79.9. The minimum absolute atomic E-state index is 0.526. The van der Waals surface area contributed by atoms with E-state index in [0.717, 1.165) is 0 Å². The van der Waals surface area contributed by atoms with Crippen molar-refractivity contribution in [3.05, 3.63) is 40.1 Å². The monoisotopic (exact) mass is 311 g/mol. The Morgan fingerprint density at radius 2 is 2.17 bits per heavy atom. The Morgan fingerprint density at radius 1 is 1.44 bits per heavy atom. The van der Waals surface area contributed by atoms with Gasteiger partial charge in [-0.2, -0.15) is 0 Å². The van der Waals surface area contributed by atoms with Gasteiger partial charge in [-0.25, -0.2) is 4.68 Å². The molecule has 1 heterocycles. The first-order valence-corrected chi connectivity index (χ1v) is 6.18. The second kappa shape index (κ2) is 4.70. The molecule has 96 valence electrons. The Bertz CT molecular complexity index is 547. The third-order valence-electron chi connectivity index (χ3n) is 2.88. The van der Waals surface area contributed by atoms with Crippen molar-refractivity contribution in [2.45, 2.75) is 12.5 Å². The third-order valence-corrected chi connectivity index (χ3v) is 3.41. The average molecular weight is 312 g/mol. The summed E-state index contributed by atoms with van der Waals surface area (Å²) in [5, 5.41) is 18.5. The maximum atomic E-state index is 10.7. The van der Waals surface area contributed by atoms with Crippen molar-refractivity contribution in [3.63, 3.8) is 0 Å². The van der Waals surface area contributed by atoms with Gasteiger partial charge in [0.2, 0.25) is 0 Å². The largest absolute Gasteiger partial charge is 0.497 e. The highest BCUT2D eigenvalue weighted by Gasteiger charge is 2.32. The highest BCUT2D eigenvalue weighted by Crippen LogP contribution is 2.33. The molecule has 1 aromatic heterocycles. The topological polar surface area (TPSA) is 60.2 Å². The van der Waals surface area contributed by atoms with Crippen molar-refractivity contribution in [1.29, 1.82) is 0 Å². The molecule has 6 heteroatoms. The predicted molar refractivity (Wildman–Crippen MR) is 70.4 cm³/mol. The fourth-order valence-corrected chi connectivity index (χ4v) is 2.62. The molecule has 18 heavy (non-hydrogen) atoms. The third kappa shape index (κ3) is 2.13. The normalized spacial score (nSPS) is 14.3. The van der Waals surface area contributed by atoms with Crippen LogP contribution in [0.1, 0.15) is 18.2 Å². The van der Waals surface area contributed by atoms with Gasteiger partial charge in [0.25, 0.3) is 0 Å². The summed E-state index contributed by atoms with van der Waals surface area (Å²) in [5.41, 5.74) is 0.106. The minimum atomic E-state index is -1.20. The van der Waals surface area contributed by atoms with Crippen LogP contribution < -0.4 is 4.74 Å². The Hall–Kier alpha value is -1.40. The van der Waals surface area contributed by atoms with Gasteiger partial charge in [0, 0.05) is 7.05 Å². The molecule has 0 bridgehead atoms. The number of aryl methyl sites for hydroxylation is 1. The molecule has 1 N–H and O–H groups in total. The molecule has 5 nitrogen and oxygen atoms in total. The Balaban J connectivity index is 2.53. The lowest BCUT2D eigenvalue weighted by Crippen LogP contribution is -2.26. The molecule has 0 spiro atoms. The Morgan fingerprint density at radius 3 is 2.72 bits per heavy atom. The number of benzene rings is 1. The van der Waals surface area contributed by atoms with Crippen LogP contribution in [0.4, 0.5) is 0 Å². The standard InChI is InChI=1S/C12H14BrN3O2/c1-12(17,10-11(13)14-15-16(10)2)8-5-4-6-9(7-8)18-3/h4-7,17H,1-3H3. The van der Waals surface area contributed by atoms with Gasteiger partial charge in [-0.15, -0.1) is 5.10 Å². The van der Waals surface area contributed by atoms with Crippen molar-refractivity contribution < 1.29 is 9.84 Å². The first kappa shape index (κ1) is 13.0. The predicted octanol–water partition coefficient (Wildman–Crippen LogP) is 1.84. The van der Waals surface area contributed by atoms with Gasteiger partial charge in [0.1, 0.15) is 17.0 Å². The molecule has 1 aromatic carbocycles. The number of hydrogen-bond acceptors (Lipinski definition) is 4. The maximum absolute atomic E-state index is 10.7. The van der Waals surface area contributed by atoms with Crippen LogP contribution in [-0.2, 0) is 12.6 Å². The van der Waals surface area contributed by atoms with Crippen LogP contribution in [0.15, 0.2) is 28.9 Å². The number of hydrogen-bond donors (Lipinski definition) is 1. The second-order valence-corrected chi connectivity index (χ2v) is 4.91. The van der Waals surface area contributed by atoms with Gasteiger partial charge >= 0.3 is 0 Å². The van der Waals surface area contributed by atoms with E-state index < -0.39 is 5.60 Å². The highest BCUT2D eigenvalue weighted by molar-refractivity contribution is 9.10. The summed E-state index contributed by atoms with van der Waals surface area (Å²) in [6.45, 7) is 1.70. The van der Waals surface area contributed by atoms with Gasteiger partial charge < -0.3 is 9.84 Å². The van der Waals surface area contributed by atoms with Gasteiger partial charge in [0.15, 0.2) is 4.60 Å². The first-order chi connectivity index (χ1) is 8.46. The summed E-state index contributed by atoms with van der Waals surface area (Å²) < 4.78 is 7.24. The lowest BCUT2D eigenvalue weighted by atomic mass is 9.92. The molecule has 0 aliphatic heterocycles. The van der Waals surface area contributed by atoms with E-state index in [-0.39, 0.29) is 0 Å². The Labute approximate surface area is 114 Å². The zero-order valence-electron chi connectivity index (χ0n) is 10.4. The van der Waals surface area contributed by atoms with E-state index in [4.69, 9.17) is 4.74 Å². The Kier molecular flexibility index (Phi) is 3.41. The molecule has 0 radical (unpaired) electrons. The number of aliphatic hydroxyl groups is 1. The van der Waals surface area contributed by atoms with Crippen LogP contribution in [-0.4, -0.2) is 27.2 Å². The summed E-state index contributed by atoms with van der Waals surface area (Å²) in [5.74, 6) is 0.694. The van der Waals surface area contributed by atoms with Crippen LogP contribution >= 0.6 is 15.9 Å². The molecule has 0 aliphatic rings. The van der Waals surface area contributed by atoms with E-state index in [1.165, 1.54) is 0 Å². The summed E-state index contributed by atoms with van der Waals surface area (Å²) in [4.78, 5) is 0. The fourth-order valence-electron chi connectivity index (χ4n) is 1.91. The molecule has 2 rings (SSSR count). The van der Waals surface area contributed by atoms with Gasteiger partial charge in [-0.1, -0.05) is 17.3 Å². The first-order valence-electron chi connectivity index (χ1n) is 5.39. The lowest BCUT2D eigenvalue weighted by molar-refractivity contribution is 0.0918. The van der Waals surface area contributed by atoms with E-state index in [9.17, 15) is 5.11 Å². The van der Waals surface area contributed by atoms with Crippen LogP contribution in [0, 0.1) is 0 Å². The lowest BCUT2D eigenvalue weighted by Gasteiger charge is -2.24. The van der Waals surface area contributed by atoms with Crippen LogP contribution in [0.5, 0.6) is 5.75 Å². The smallest absolute Gasteiger partial charge is 0.154 e. The van der Waals surface area contributed by atoms with Crippen molar-refractivity contribution in [2.24, 2.45) is 7.05 Å². The van der Waals surface area contributed by atoms with Gasteiger partial charge in [-0.3, -0.25) is 0 Å². The molecule has 0 amide bonds. The van der Waals surface area contributed by atoms with E-state index in [0.29, 0.717) is 21.6 Å². The molecule has 1 unspecified atom stereocenters. The molecule has 0 saturated heterocycles. The molecular formula is C12H14BrN3O2. The van der Waals surface area contributed by atoms with Crippen LogP contribution in [0.25, 0.3) is 0 Å². The number of nitrogens with zero attached hydrogens (tertiary/aromatic N) is 3. The van der Waals surface area contributed by atoms with Crippen LogP contribution in [0.2, 0.25) is 0 Å². The van der Waals surface area contributed by atoms with Gasteiger partial charge in [-0.05, 0) is 40.5 Å². The molecule has 0 saturated carbocycles. The minimum Gasteiger partial charge on any atom is -0.497 e. The number of ether oxygens (including phenoxy) is 1. The quantitative estimate of drug-likeness (QED) is 0.939. The molecule has 0 aliphatic carbocycles. The van der Waals surface area contributed by atoms with E-state index >= 15 is 0 Å². The zero-order chi connectivity index (χ0) is 13.3. The summed E-state index contributed by atoms with van der Waals surface area (Å²) >= 11 is 3.30. The van der Waals surface area contributed by atoms with Crippen molar-refractivity contribution in [3.8, 4) is 5.75 Å². The van der Waals surface area contributed by atoms with E-state index in [1.54, 1.807) is 31.8 Å². The molecule has 0 fully saturated rings. The van der Waals surface area contributed by atoms with E-state index in [2.05, 4.69) is 26.2 Å². The number of rotatable bonds is 3. The maximum Gasteiger partial charge on any atom is 0.154 e. The summed E-state index contributed by atoms with van der Waals surface area (Å²) in [6.07, 6.45) is 0. The van der Waals surface area contributed by atoms with Crippen molar-refractivity contribution >= 4 is 15.9 Å². The summed E-state index contributed by atoms with van der Waals surface area (Å²) in [6, 6.07) is 7.29. The summed E-state index contributed by atoms with van der Waals surface area (Å²) in [7, 11) is 3.33. The zero-order valence-corrected chi connectivity index (χ0v) is 12.0. The number of methoxy groups -OCH3 is 1. The van der Waals surface area contributed by atoms with Crippen LogP contribution in [0.3, 0.4) is 0 Å². The fraction of sp³-hybridized carbons (Fsp3) is 0.333.